The zero-order valence-corrected chi connectivity index (χ0v) is 14.3. The minimum Gasteiger partial charge on any atom is -0.497 e. The fraction of sp³-hybridized carbons (Fsp3) is 0.278. The first-order valence-corrected chi connectivity index (χ1v) is 7.76. The van der Waals surface area contributed by atoms with Crippen molar-refractivity contribution in [3.8, 4) is 11.5 Å². The van der Waals surface area contributed by atoms with E-state index in [0.717, 1.165) is 0 Å². The maximum Gasteiger partial charge on any atom is 0.272 e. The van der Waals surface area contributed by atoms with Gasteiger partial charge in [-0.25, -0.2) is 4.98 Å². The molecule has 7 nitrogen and oxygen atoms in total. The van der Waals surface area contributed by atoms with E-state index in [1.165, 1.54) is 12.0 Å². The number of pyridine rings is 1. The third-order valence-electron chi connectivity index (χ3n) is 3.94. The summed E-state index contributed by atoms with van der Waals surface area (Å²) < 4.78 is 10.8. The van der Waals surface area contributed by atoms with Gasteiger partial charge < -0.3 is 15.2 Å². The van der Waals surface area contributed by atoms with E-state index in [1.807, 2.05) is 0 Å². The minimum absolute atomic E-state index is 0.164. The normalized spacial score (nSPS) is 15.3. The van der Waals surface area contributed by atoms with E-state index in [1.54, 1.807) is 50.2 Å². The Bertz CT molecular complexity index is 848. The van der Waals surface area contributed by atoms with Gasteiger partial charge in [-0.1, -0.05) is 12.1 Å². The zero-order chi connectivity index (χ0) is 18.2. The van der Waals surface area contributed by atoms with Gasteiger partial charge in [0.1, 0.15) is 11.6 Å². The van der Waals surface area contributed by atoms with Gasteiger partial charge in [0.15, 0.2) is 23.0 Å². The second-order valence-corrected chi connectivity index (χ2v) is 6.22. The summed E-state index contributed by atoms with van der Waals surface area (Å²) in [6.07, 6.45) is 0. The molecule has 2 heterocycles. The van der Waals surface area contributed by atoms with Crippen LogP contribution in [-0.2, 0) is 4.79 Å². The molecule has 1 aromatic heterocycles. The van der Waals surface area contributed by atoms with Crippen molar-refractivity contribution < 1.29 is 19.1 Å². The first-order valence-electron chi connectivity index (χ1n) is 7.76. The molecule has 0 saturated heterocycles. The fourth-order valence-corrected chi connectivity index (χ4v) is 2.64. The first kappa shape index (κ1) is 16.8. The van der Waals surface area contributed by atoms with Gasteiger partial charge in [0, 0.05) is 5.56 Å². The number of nitrogens with zero attached hydrogens (tertiary/aromatic N) is 2. The number of carbonyl (C=O) groups is 2. The van der Waals surface area contributed by atoms with Crippen molar-refractivity contribution in [3.63, 3.8) is 0 Å². The van der Waals surface area contributed by atoms with Crippen molar-refractivity contribution in [3.05, 3.63) is 42.0 Å². The number of nitrogen functional groups attached to an aromatic ring is 1. The Labute approximate surface area is 145 Å². The molecule has 3 rings (SSSR count). The zero-order valence-electron chi connectivity index (χ0n) is 14.3. The first-order chi connectivity index (χ1) is 11.8. The topological polar surface area (TPSA) is 94.8 Å². The quantitative estimate of drug-likeness (QED) is 0.855. The van der Waals surface area contributed by atoms with E-state index in [-0.39, 0.29) is 29.9 Å². The summed E-state index contributed by atoms with van der Waals surface area (Å²) in [5, 5.41) is 0. The second-order valence-electron chi connectivity index (χ2n) is 6.22. The Morgan fingerprint density at radius 2 is 2.08 bits per heavy atom. The number of hydrogen-bond donors (Lipinski definition) is 1. The van der Waals surface area contributed by atoms with E-state index in [4.69, 9.17) is 15.2 Å². The number of benzene rings is 1. The summed E-state index contributed by atoms with van der Waals surface area (Å²) in [5.41, 5.74) is 5.08. The highest BCUT2D eigenvalue weighted by Gasteiger charge is 2.42. The predicted octanol–water partition coefficient (Wildman–Crippen LogP) is 2.06. The van der Waals surface area contributed by atoms with Crippen molar-refractivity contribution in [1.29, 1.82) is 0 Å². The summed E-state index contributed by atoms with van der Waals surface area (Å²) in [6, 6.07) is 10.0. The number of ketones is 1. The van der Waals surface area contributed by atoms with Crippen molar-refractivity contribution >= 4 is 23.3 Å². The molecule has 1 aliphatic heterocycles. The molecule has 130 valence electrons. The molecule has 0 spiro atoms. The summed E-state index contributed by atoms with van der Waals surface area (Å²) in [4.78, 5) is 30.9. The molecule has 1 aromatic carbocycles. The number of fused-ring (bicyclic) bond motifs is 1. The maximum absolute atomic E-state index is 12.8. The largest absolute Gasteiger partial charge is 0.497 e. The van der Waals surface area contributed by atoms with Gasteiger partial charge in [-0.15, -0.1) is 0 Å². The number of aromatic nitrogens is 1. The van der Waals surface area contributed by atoms with Gasteiger partial charge >= 0.3 is 0 Å². The molecular weight excluding hydrogens is 322 g/mol. The van der Waals surface area contributed by atoms with Crippen LogP contribution >= 0.6 is 0 Å². The standard InChI is InChI=1S/C18H19N3O4/c1-18(2)17(23)21(16-14(25-18)7-8-15(19)20-16)10-13(22)11-5-4-6-12(9-11)24-3/h4-9H,10H2,1-3H3,(H2,19,20). The molecule has 1 amide bonds. The average molecular weight is 341 g/mol. The number of Topliss-reactive ketones (excluding diaryl/α,β-unsaturated/α-hetero) is 1. The number of nitrogens with two attached hydrogens (primary N) is 1. The monoisotopic (exact) mass is 341 g/mol. The third kappa shape index (κ3) is 3.13. The summed E-state index contributed by atoms with van der Waals surface area (Å²) >= 11 is 0. The SMILES string of the molecule is COc1cccc(C(=O)CN2C(=O)C(C)(C)Oc3ccc(N)nc32)c1. The van der Waals surface area contributed by atoms with Crippen molar-refractivity contribution in [2.75, 3.05) is 24.3 Å². The highest BCUT2D eigenvalue weighted by Crippen LogP contribution is 2.36. The predicted molar refractivity (Wildman–Crippen MR) is 93.0 cm³/mol. The van der Waals surface area contributed by atoms with Gasteiger partial charge in [0.25, 0.3) is 5.91 Å². The van der Waals surface area contributed by atoms with Crippen molar-refractivity contribution in [1.82, 2.24) is 4.98 Å². The van der Waals surface area contributed by atoms with Gasteiger partial charge in [-0.2, -0.15) is 0 Å². The Kier molecular flexibility index (Phi) is 4.08. The Hall–Kier alpha value is -3.09. The van der Waals surface area contributed by atoms with Crippen LogP contribution in [0.15, 0.2) is 36.4 Å². The van der Waals surface area contributed by atoms with Gasteiger partial charge in [-0.05, 0) is 38.1 Å². The van der Waals surface area contributed by atoms with Gasteiger partial charge in [-0.3, -0.25) is 14.5 Å². The number of carbonyl (C=O) groups excluding carboxylic acids is 2. The molecule has 0 unspecified atom stereocenters. The lowest BCUT2D eigenvalue weighted by Crippen LogP contribution is -2.54. The Morgan fingerprint density at radius 1 is 1.32 bits per heavy atom. The highest BCUT2D eigenvalue weighted by atomic mass is 16.5. The molecule has 0 aliphatic carbocycles. The van der Waals surface area contributed by atoms with E-state index < -0.39 is 5.60 Å². The van der Waals surface area contributed by atoms with Crippen LogP contribution in [0.4, 0.5) is 11.6 Å². The molecular formula is C18H19N3O4. The molecule has 1 aliphatic rings. The van der Waals surface area contributed by atoms with Crippen LogP contribution in [0.2, 0.25) is 0 Å². The fourth-order valence-electron chi connectivity index (χ4n) is 2.64. The molecule has 0 atom stereocenters. The lowest BCUT2D eigenvalue weighted by atomic mass is 10.0. The number of methoxy groups -OCH3 is 1. The number of rotatable bonds is 4. The summed E-state index contributed by atoms with van der Waals surface area (Å²) in [6.45, 7) is 3.14. The lowest BCUT2D eigenvalue weighted by molar-refractivity contribution is -0.132. The van der Waals surface area contributed by atoms with Crippen LogP contribution in [0.25, 0.3) is 0 Å². The van der Waals surface area contributed by atoms with E-state index in [0.29, 0.717) is 17.1 Å². The van der Waals surface area contributed by atoms with Gasteiger partial charge in [0.2, 0.25) is 0 Å². The number of anilines is 2. The molecule has 2 N–H and O–H groups in total. The van der Waals surface area contributed by atoms with Crippen LogP contribution in [-0.4, -0.2) is 35.9 Å². The number of hydrogen-bond acceptors (Lipinski definition) is 6. The second kappa shape index (κ2) is 6.08. The average Bonchev–Trinajstić information content (AvgIpc) is 2.59. The highest BCUT2D eigenvalue weighted by molar-refractivity contribution is 6.09. The molecule has 0 radical (unpaired) electrons. The minimum atomic E-state index is -1.10. The van der Waals surface area contributed by atoms with Crippen LogP contribution in [0.3, 0.4) is 0 Å². The molecule has 2 aromatic rings. The smallest absolute Gasteiger partial charge is 0.272 e. The lowest BCUT2D eigenvalue weighted by Gasteiger charge is -2.37. The van der Waals surface area contributed by atoms with Crippen molar-refractivity contribution in [2.24, 2.45) is 0 Å². The molecule has 0 fully saturated rings. The molecule has 25 heavy (non-hydrogen) atoms. The molecule has 7 heteroatoms. The number of ether oxygens (including phenoxy) is 2. The summed E-state index contributed by atoms with van der Waals surface area (Å²) in [7, 11) is 1.53. The Balaban J connectivity index is 1.96. The van der Waals surface area contributed by atoms with Crippen LogP contribution in [0, 0.1) is 0 Å². The van der Waals surface area contributed by atoms with E-state index in [2.05, 4.69) is 4.98 Å². The number of amides is 1. The van der Waals surface area contributed by atoms with Crippen molar-refractivity contribution in [2.45, 2.75) is 19.4 Å². The Morgan fingerprint density at radius 3 is 2.80 bits per heavy atom. The van der Waals surface area contributed by atoms with E-state index >= 15 is 0 Å². The maximum atomic E-state index is 12.8. The van der Waals surface area contributed by atoms with Crippen LogP contribution < -0.4 is 20.1 Å². The third-order valence-corrected chi connectivity index (χ3v) is 3.94. The van der Waals surface area contributed by atoms with Gasteiger partial charge in [0.05, 0.1) is 13.7 Å². The summed E-state index contributed by atoms with van der Waals surface area (Å²) in [5.74, 6) is 0.892. The molecule has 0 bridgehead atoms. The van der Waals surface area contributed by atoms with Crippen LogP contribution in [0.1, 0.15) is 24.2 Å². The molecule has 0 saturated carbocycles. The van der Waals surface area contributed by atoms with Crippen LogP contribution in [0.5, 0.6) is 11.5 Å². The van der Waals surface area contributed by atoms with E-state index in [9.17, 15) is 9.59 Å².